The summed E-state index contributed by atoms with van der Waals surface area (Å²) < 4.78 is 0.263. The molecule has 0 spiro atoms. The van der Waals surface area contributed by atoms with Crippen molar-refractivity contribution in [2.24, 2.45) is 0 Å². The summed E-state index contributed by atoms with van der Waals surface area (Å²) >= 11 is 6.58. The molecule has 1 N–H and O–H groups in total. The zero-order chi connectivity index (χ0) is 10.4. The van der Waals surface area contributed by atoms with Crippen molar-refractivity contribution in [3.05, 3.63) is 9.47 Å². The number of nitrogens with one attached hydrogen (secondary N) is 1. The van der Waals surface area contributed by atoms with E-state index in [9.17, 15) is 4.79 Å². The summed E-state index contributed by atoms with van der Waals surface area (Å²) in [4.78, 5) is 11.3. The maximum Gasteiger partial charge on any atom is 0.282 e. The van der Waals surface area contributed by atoms with Gasteiger partial charge in [-0.2, -0.15) is 0 Å². The standard InChI is InChI=1S/C8H8ClN3OS/c1-2-3-4-5-10-6(13)7-11-12-8(9)14-7/h1H,3-5H2,(H,10,13). The Hall–Kier alpha value is -1.12. The molecule has 4 nitrogen and oxygen atoms in total. The molecular weight excluding hydrogens is 222 g/mol. The van der Waals surface area contributed by atoms with E-state index in [1.165, 1.54) is 0 Å². The number of hydrogen-bond donors (Lipinski definition) is 1. The van der Waals surface area contributed by atoms with Crippen LogP contribution >= 0.6 is 22.9 Å². The van der Waals surface area contributed by atoms with Gasteiger partial charge in [0, 0.05) is 13.0 Å². The van der Waals surface area contributed by atoms with Gasteiger partial charge in [0.05, 0.1) is 0 Å². The second-order valence-electron chi connectivity index (χ2n) is 2.42. The number of hydrogen-bond acceptors (Lipinski definition) is 4. The third-order valence-corrected chi connectivity index (χ3v) is 2.40. The van der Waals surface area contributed by atoms with Crippen molar-refractivity contribution in [3.63, 3.8) is 0 Å². The molecule has 74 valence electrons. The van der Waals surface area contributed by atoms with Gasteiger partial charge in [-0.15, -0.1) is 22.5 Å². The average Bonchev–Trinajstić information content (AvgIpc) is 2.59. The molecule has 14 heavy (non-hydrogen) atoms. The monoisotopic (exact) mass is 229 g/mol. The van der Waals surface area contributed by atoms with Crippen LogP contribution in [0, 0.1) is 12.3 Å². The molecule has 0 saturated carbocycles. The Balaban J connectivity index is 2.33. The summed E-state index contributed by atoms with van der Waals surface area (Å²) in [5.41, 5.74) is 0. The van der Waals surface area contributed by atoms with Crippen molar-refractivity contribution in [3.8, 4) is 12.3 Å². The summed E-state index contributed by atoms with van der Waals surface area (Å²) in [5.74, 6) is 2.23. The molecule has 1 aromatic heterocycles. The highest BCUT2D eigenvalue weighted by Crippen LogP contribution is 2.14. The SMILES string of the molecule is C#CCCCNC(=O)c1nnc(Cl)s1. The van der Waals surface area contributed by atoms with Gasteiger partial charge in [-0.1, -0.05) is 11.3 Å². The number of amides is 1. The first kappa shape index (κ1) is 11.0. The molecule has 0 atom stereocenters. The van der Waals surface area contributed by atoms with Crippen LogP contribution in [0.3, 0.4) is 0 Å². The average molecular weight is 230 g/mol. The van der Waals surface area contributed by atoms with E-state index in [0.717, 1.165) is 17.8 Å². The summed E-state index contributed by atoms with van der Waals surface area (Å²) in [7, 11) is 0. The number of carbonyl (C=O) groups is 1. The van der Waals surface area contributed by atoms with E-state index in [1.807, 2.05) is 0 Å². The van der Waals surface area contributed by atoms with Gasteiger partial charge in [-0.3, -0.25) is 4.79 Å². The van der Waals surface area contributed by atoms with E-state index in [-0.39, 0.29) is 15.4 Å². The van der Waals surface area contributed by atoms with E-state index in [0.29, 0.717) is 13.0 Å². The number of unbranched alkanes of at least 4 members (excludes halogenated alkanes) is 1. The Morgan fingerprint density at radius 2 is 2.43 bits per heavy atom. The Bertz CT molecular complexity index is 358. The lowest BCUT2D eigenvalue weighted by Gasteiger charge is -1.98. The van der Waals surface area contributed by atoms with Crippen molar-refractivity contribution in [2.75, 3.05) is 6.54 Å². The fourth-order valence-corrected chi connectivity index (χ4v) is 1.51. The highest BCUT2D eigenvalue weighted by molar-refractivity contribution is 7.17. The minimum Gasteiger partial charge on any atom is -0.350 e. The van der Waals surface area contributed by atoms with E-state index >= 15 is 0 Å². The number of nitrogens with zero attached hydrogens (tertiary/aromatic N) is 2. The molecule has 0 aliphatic carbocycles. The molecule has 1 aromatic rings. The third-order valence-electron chi connectivity index (χ3n) is 1.38. The summed E-state index contributed by atoms with van der Waals surface area (Å²) in [6.45, 7) is 0.542. The number of halogens is 1. The van der Waals surface area contributed by atoms with Crippen molar-refractivity contribution in [1.29, 1.82) is 0 Å². The van der Waals surface area contributed by atoms with Gasteiger partial charge in [0.25, 0.3) is 5.91 Å². The van der Waals surface area contributed by atoms with E-state index in [1.54, 1.807) is 0 Å². The molecule has 6 heteroatoms. The molecule has 0 aromatic carbocycles. The molecule has 0 radical (unpaired) electrons. The van der Waals surface area contributed by atoms with Crippen LogP contribution in [-0.2, 0) is 0 Å². The number of carbonyl (C=O) groups excluding carboxylic acids is 1. The molecule has 0 aliphatic rings. The van der Waals surface area contributed by atoms with Gasteiger partial charge < -0.3 is 5.32 Å². The fourth-order valence-electron chi connectivity index (χ4n) is 0.765. The maximum absolute atomic E-state index is 11.3. The molecule has 0 saturated heterocycles. The molecule has 1 heterocycles. The van der Waals surface area contributed by atoms with Crippen LogP contribution < -0.4 is 5.32 Å². The number of terminal acetylenes is 1. The number of rotatable bonds is 4. The lowest BCUT2D eigenvalue weighted by atomic mass is 10.3. The molecular formula is C8H8ClN3OS. The molecule has 1 amide bonds. The van der Waals surface area contributed by atoms with E-state index < -0.39 is 0 Å². The number of aromatic nitrogens is 2. The molecule has 1 rings (SSSR count). The van der Waals surface area contributed by atoms with Gasteiger partial charge in [0.1, 0.15) is 0 Å². The van der Waals surface area contributed by atoms with Crippen LogP contribution in [0.15, 0.2) is 0 Å². The van der Waals surface area contributed by atoms with Gasteiger partial charge in [0.15, 0.2) is 0 Å². The Kier molecular flexibility index (Phi) is 4.36. The quantitative estimate of drug-likeness (QED) is 0.626. The van der Waals surface area contributed by atoms with Crippen molar-refractivity contribution in [1.82, 2.24) is 15.5 Å². The van der Waals surface area contributed by atoms with Crippen LogP contribution in [0.5, 0.6) is 0 Å². The normalized spacial score (nSPS) is 9.43. The van der Waals surface area contributed by atoms with Crippen LogP contribution in [-0.4, -0.2) is 22.6 Å². The second-order valence-corrected chi connectivity index (χ2v) is 3.98. The van der Waals surface area contributed by atoms with Gasteiger partial charge >= 0.3 is 0 Å². The van der Waals surface area contributed by atoms with Crippen LogP contribution in [0.4, 0.5) is 0 Å². The molecule has 0 unspecified atom stereocenters. The Morgan fingerprint density at radius 1 is 1.64 bits per heavy atom. The Morgan fingerprint density at radius 3 is 3.00 bits per heavy atom. The first-order valence-corrected chi connectivity index (χ1v) is 5.14. The highest BCUT2D eigenvalue weighted by atomic mass is 35.5. The fraction of sp³-hybridized carbons (Fsp3) is 0.375. The predicted octanol–water partition coefficient (Wildman–Crippen LogP) is 1.33. The Labute approximate surface area is 90.7 Å². The third kappa shape index (κ3) is 3.32. The second kappa shape index (κ2) is 5.58. The minimum absolute atomic E-state index is 0.258. The topological polar surface area (TPSA) is 54.9 Å². The van der Waals surface area contributed by atoms with Crippen LogP contribution in [0.2, 0.25) is 4.47 Å². The zero-order valence-electron chi connectivity index (χ0n) is 7.29. The van der Waals surface area contributed by atoms with Gasteiger partial charge in [-0.25, -0.2) is 0 Å². The van der Waals surface area contributed by atoms with Crippen molar-refractivity contribution in [2.45, 2.75) is 12.8 Å². The van der Waals surface area contributed by atoms with Crippen molar-refractivity contribution < 1.29 is 4.79 Å². The van der Waals surface area contributed by atoms with Gasteiger partial charge in [-0.05, 0) is 18.0 Å². The first-order valence-electron chi connectivity index (χ1n) is 3.94. The molecule has 0 aliphatic heterocycles. The van der Waals surface area contributed by atoms with Gasteiger partial charge in [0.2, 0.25) is 9.47 Å². The van der Waals surface area contributed by atoms with E-state index in [2.05, 4.69) is 21.4 Å². The zero-order valence-corrected chi connectivity index (χ0v) is 8.86. The first-order chi connectivity index (χ1) is 6.74. The van der Waals surface area contributed by atoms with E-state index in [4.69, 9.17) is 18.0 Å². The summed E-state index contributed by atoms with van der Waals surface area (Å²) in [6, 6.07) is 0. The predicted molar refractivity (Wildman–Crippen MR) is 55.3 cm³/mol. The largest absolute Gasteiger partial charge is 0.350 e. The van der Waals surface area contributed by atoms with Crippen molar-refractivity contribution >= 4 is 28.8 Å². The minimum atomic E-state index is -0.258. The smallest absolute Gasteiger partial charge is 0.282 e. The lowest BCUT2D eigenvalue weighted by Crippen LogP contribution is -2.24. The molecule has 0 bridgehead atoms. The maximum atomic E-state index is 11.3. The molecule has 0 fully saturated rings. The van der Waals surface area contributed by atoms with Crippen LogP contribution in [0.1, 0.15) is 22.6 Å². The highest BCUT2D eigenvalue weighted by Gasteiger charge is 2.10. The summed E-state index contributed by atoms with van der Waals surface area (Å²) in [5, 5.41) is 10.1. The van der Waals surface area contributed by atoms with Crippen LogP contribution in [0.25, 0.3) is 0 Å². The summed E-state index contributed by atoms with van der Waals surface area (Å²) in [6.07, 6.45) is 6.47. The lowest BCUT2D eigenvalue weighted by molar-refractivity contribution is 0.0952.